The van der Waals surface area contributed by atoms with Crippen LogP contribution in [0.5, 0.6) is 0 Å². The van der Waals surface area contributed by atoms with Crippen molar-refractivity contribution < 1.29 is 27.1 Å². The number of fused-ring (bicyclic) bond motifs is 1. The molecule has 3 aromatic carbocycles. The standard InChI is InChI=1S/C25H23FN2O5S/c26-22-7-3-4-19(16-22)8-11-25(30)33-18-24(29)27-12-14-28(15-13-27)34(31,32)23-10-9-20-5-1-2-6-21(20)17-23/h1-11,16-17H,12-15,18H2/b11-8+. The molecule has 1 fully saturated rings. The van der Waals surface area contributed by atoms with Crippen molar-refractivity contribution in [3.63, 3.8) is 0 Å². The Morgan fingerprint density at radius 3 is 2.38 bits per heavy atom. The number of carbonyl (C=O) groups excluding carboxylic acids is 2. The highest BCUT2D eigenvalue weighted by atomic mass is 32.2. The van der Waals surface area contributed by atoms with Crippen LogP contribution in [0.2, 0.25) is 0 Å². The number of ether oxygens (including phenoxy) is 1. The third kappa shape index (κ3) is 5.49. The number of hydrogen-bond acceptors (Lipinski definition) is 5. The zero-order chi connectivity index (χ0) is 24.1. The molecule has 0 spiro atoms. The molecule has 1 saturated heterocycles. The molecule has 1 heterocycles. The monoisotopic (exact) mass is 482 g/mol. The number of esters is 1. The maximum Gasteiger partial charge on any atom is 0.331 e. The molecule has 3 aromatic rings. The van der Waals surface area contributed by atoms with E-state index in [0.717, 1.165) is 16.8 Å². The second kappa shape index (κ2) is 10.1. The van der Waals surface area contributed by atoms with E-state index in [1.807, 2.05) is 24.3 Å². The highest BCUT2D eigenvalue weighted by Gasteiger charge is 2.30. The summed E-state index contributed by atoms with van der Waals surface area (Å²) in [4.78, 5) is 25.9. The van der Waals surface area contributed by atoms with Crippen LogP contribution in [0, 0.1) is 5.82 Å². The van der Waals surface area contributed by atoms with Gasteiger partial charge in [0.1, 0.15) is 5.82 Å². The van der Waals surface area contributed by atoms with E-state index in [4.69, 9.17) is 4.74 Å². The highest BCUT2D eigenvalue weighted by Crippen LogP contribution is 2.23. The van der Waals surface area contributed by atoms with Crippen molar-refractivity contribution in [2.75, 3.05) is 32.8 Å². The first-order valence-electron chi connectivity index (χ1n) is 10.7. The van der Waals surface area contributed by atoms with E-state index >= 15 is 0 Å². The molecule has 0 atom stereocenters. The lowest BCUT2D eigenvalue weighted by atomic mass is 10.1. The summed E-state index contributed by atoms with van der Waals surface area (Å²) in [6.07, 6.45) is 2.52. The molecular formula is C25H23FN2O5S. The van der Waals surface area contributed by atoms with E-state index in [9.17, 15) is 22.4 Å². The van der Waals surface area contributed by atoms with Gasteiger partial charge < -0.3 is 9.64 Å². The van der Waals surface area contributed by atoms with Crippen LogP contribution in [0.25, 0.3) is 16.8 Å². The number of carbonyl (C=O) groups is 2. The van der Waals surface area contributed by atoms with Gasteiger partial charge in [-0.2, -0.15) is 4.31 Å². The predicted molar refractivity (Wildman–Crippen MR) is 126 cm³/mol. The van der Waals surface area contributed by atoms with Gasteiger partial charge in [-0.3, -0.25) is 4.79 Å². The minimum atomic E-state index is -3.69. The van der Waals surface area contributed by atoms with Crippen LogP contribution in [0.15, 0.2) is 77.7 Å². The fourth-order valence-electron chi connectivity index (χ4n) is 3.70. The minimum Gasteiger partial charge on any atom is -0.452 e. The zero-order valence-electron chi connectivity index (χ0n) is 18.3. The van der Waals surface area contributed by atoms with Crippen LogP contribution >= 0.6 is 0 Å². The van der Waals surface area contributed by atoms with Crippen molar-refractivity contribution in [3.8, 4) is 0 Å². The van der Waals surface area contributed by atoms with Gasteiger partial charge in [-0.25, -0.2) is 17.6 Å². The Morgan fingerprint density at radius 1 is 0.912 bits per heavy atom. The summed E-state index contributed by atoms with van der Waals surface area (Å²) in [5.41, 5.74) is 0.493. The van der Waals surface area contributed by atoms with Crippen molar-refractivity contribution in [3.05, 3.63) is 84.2 Å². The molecule has 0 radical (unpaired) electrons. The van der Waals surface area contributed by atoms with E-state index < -0.39 is 34.3 Å². The maximum atomic E-state index is 13.2. The minimum absolute atomic E-state index is 0.147. The molecule has 1 amide bonds. The molecule has 7 nitrogen and oxygen atoms in total. The van der Waals surface area contributed by atoms with Crippen LogP contribution in [-0.2, 0) is 24.3 Å². The largest absolute Gasteiger partial charge is 0.452 e. The lowest BCUT2D eigenvalue weighted by Crippen LogP contribution is -2.51. The summed E-state index contributed by atoms with van der Waals surface area (Å²) in [5.74, 6) is -1.56. The smallest absolute Gasteiger partial charge is 0.331 e. The van der Waals surface area contributed by atoms with Crippen LogP contribution in [0.3, 0.4) is 0 Å². The number of amides is 1. The number of benzene rings is 3. The first kappa shape index (κ1) is 23.6. The average molecular weight is 483 g/mol. The number of sulfonamides is 1. The van der Waals surface area contributed by atoms with Gasteiger partial charge in [-0.05, 0) is 46.7 Å². The Hall–Kier alpha value is -3.56. The van der Waals surface area contributed by atoms with Gasteiger partial charge in [0.15, 0.2) is 6.61 Å². The Morgan fingerprint density at radius 2 is 1.65 bits per heavy atom. The summed E-state index contributed by atoms with van der Waals surface area (Å²) < 4.78 is 45.6. The Kier molecular flexibility index (Phi) is 7.04. The fourth-order valence-corrected chi connectivity index (χ4v) is 5.16. The van der Waals surface area contributed by atoms with Gasteiger partial charge in [-0.1, -0.05) is 42.5 Å². The summed E-state index contributed by atoms with van der Waals surface area (Å²) in [6, 6.07) is 18.2. The van der Waals surface area contributed by atoms with E-state index in [2.05, 4.69) is 0 Å². The van der Waals surface area contributed by atoms with Crippen LogP contribution in [0.1, 0.15) is 5.56 Å². The number of piperazine rings is 1. The van der Waals surface area contributed by atoms with Crippen LogP contribution in [0.4, 0.5) is 4.39 Å². The molecular weight excluding hydrogens is 459 g/mol. The third-order valence-electron chi connectivity index (χ3n) is 5.55. The molecule has 34 heavy (non-hydrogen) atoms. The van der Waals surface area contributed by atoms with Crippen LogP contribution in [-0.4, -0.2) is 62.3 Å². The number of halogens is 1. The topological polar surface area (TPSA) is 84.0 Å². The van der Waals surface area contributed by atoms with E-state index in [1.54, 1.807) is 24.3 Å². The average Bonchev–Trinajstić information content (AvgIpc) is 2.86. The Balaban J connectivity index is 1.29. The van der Waals surface area contributed by atoms with E-state index in [1.165, 1.54) is 33.5 Å². The van der Waals surface area contributed by atoms with Crippen molar-refractivity contribution in [1.82, 2.24) is 9.21 Å². The highest BCUT2D eigenvalue weighted by molar-refractivity contribution is 7.89. The molecule has 0 aliphatic carbocycles. The number of rotatable bonds is 6. The lowest BCUT2D eigenvalue weighted by Gasteiger charge is -2.33. The van der Waals surface area contributed by atoms with Crippen molar-refractivity contribution in [1.29, 1.82) is 0 Å². The Labute approximate surface area is 197 Å². The molecule has 0 saturated carbocycles. The summed E-state index contributed by atoms with van der Waals surface area (Å²) in [5, 5.41) is 1.79. The second-order valence-electron chi connectivity index (χ2n) is 7.79. The van der Waals surface area contributed by atoms with E-state index in [0.29, 0.717) is 5.56 Å². The number of hydrogen-bond donors (Lipinski definition) is 0. The molecule has 9 heteroatoms. The van der Waals surface area contributed by atoms with Gasteiger partial charge in [0, 0.05) is 32.3 Å². The Bertz CT molecular complexity index is 1350. The quantitative estimate of drug-likeness (QED) is 0.398. The predicted octanol–water partition coefficient (Wildman–Crippen LogP) is 3.07. The van der Waals surface area contributed by atoms with Crippen molar-refractivity contribution >= 4 is 38.7 Å². The summed E-state index contributed by atoms with van der Waals surface area (Å²) in [6.45, 7) is 0.233. The molecule has 176 valence electrons. The third-order valence-corrected chi connectivity index (χ3v) is 7.44. The SMILES string of the molecule is O=C(/C=C/c1cccc(F)c1)OCC(=O)N1CCN(S(=O)(=O)c2ccc3ccccc3c2)CC1. The molecule has 1 aliphatic rings. The van der Waals surface area contributed by atoms with Gasteiger partial charge in [0.2, 0.25) is 10.0 Å². The first-order valence-corrected chi connectivity index (χ1v) is 12.1. The van der Waals surface area contributed by atoms with Gasteiger partial charge >= 0.3 is 5.97 Å². The van der Waals surface area contributed by atoms with E-state index in [-0.39, 0.29) is 31.1 Å². The molecule has 0 aromatic heterocycles. The second-order valence-corrected chi connectivity index (χ2v) is 9.73. The molecule has 1 aliphatic heterocycles. The van der Waals surface area contributed by atoms with Gasteiger partial charge in [-0.15, -0.1) is 0 Å². The molecule has 0 unspecified atom stereocenters. The molecule has 0 N–H and O–H groups in total. The maximum absolute atomic E-state index is 13.2. The number of nitrogens with zero attached hydrogens (tertiary/aromatic N) is 2. The molecule has 4 rings (SSSR count). The fraction of sp³-hybridized carbons (Fsp3) is 0.200. The summed E-state index contributed by atoms with van der Waals surface area (Å²) >= 11 is 0. The van der Waals surface area contributed by atoms with Gasteiger partial charge in [0.05, 0.1) is 4.90 Å². The van der Waals surface area contributed by atoms with Crippen LogP contribution < -0.4 is 0 Å². The molecule has 0 bridgehead atoms. The summed E-state index contributed by atoms with van der Waals surface area (Å²) in [7, 11) is -3.69. The van der Waals surface area contributed by atoms with Crippen molar-refractivity contribution in [2.24, 2.45) is 0 Å². The first-order chi connectivity index (χ1) is 16.3. The lowest BCUT2D eigenvalue weighted by molar-refractivity contribution is -0.148. The van der Waals surface area contributed by atoms with Gasteiger partial charge in [0.25, 0.3) is 5.91 Å². The van der Waals surface area contributed by atoms with Crippen molar-refractivity contribution in [2.45, 2.75) is 4.90 Å². The zero-order valence-corrected chi connectivity index (χ0v) is 19.1. The normalized spacial score (nSPS) is 15.0.